The minimum atomic E-state index is -0.0200. The summed E-state index contributed by atoms with van der Waals surface area (Å²) in [7, 11) is 0. The van der Waals surface area contributed by atoms with Crippen molar-refractivity contribution in [2.75, 3.05) is 52.4 Å². The highest BCUT2D eigenvalue weighted by Crippen LogP contribution is 2.32. The number of hydrogen-bond donors (Lipinski definition) is 2. The number of rotatable bonds is 10. The summed E-state index contributed by atoms with van der Waals surface area (Å²) < 4.78 is 0. The summed E-state index contributed by atoms with van der Waals surface area (Å²) in [6, 6.07) is 20.1. The molecule has 0 atom stereocenters. The van der Waals surface area contributed by atoms with E-state index in [0.29, 0.717) is 37.1 Å². The smallest absolute Gasteiger partial charge is 0.251 e. The Bertz CT molecular complexity index is 1490. The average molecular weight is 589 g/mol. The highest BCUT2D eigenvalue weighted by atomic mass is 16.2. The van der Waals surface area contributed by atoms with Crippen LogP contribution in [-0.2, 0) is 12.8 Å². The molecule has 8 nitrogen and oxygen atoms in total. The zero-order chi connectivity index (χ0) is 29.9. The number of nitrogens with zero attached hydrogens (tertiary/aromatic N) is 4. The summed E-state index contributed by atoms with van der Waals surface area (Å²) in [5, 5.41) is 6.15. The number of nitrogens with one attached hydrogen (secondary N) is 2. The van der Waals surface area contributed by atoms with Crippen LogP contribution >= 0.6 is 0 Å². The van der Waals surface area contributed by atoms with Crippen LogP contribution in [0.5, 0.6) is 0 Å². The number of amides is 2. The molecule has 8 heteroatoms. The molecule has 3 aromatic rings. The topological polar surface area (TPSA) is 89.4 Å². The van der Waals surface area contributed by atoms with Crippen molar-refractivity contribution in [3.63, 3.8) is 0 Å². The molecule has 2 amide bonds. The Morgan fingerprint density at radius 1 is 0.591 bits per heavy atom. The van der Waals surface area contributed by atoms with Crippen molar-refractivity contribution in [3.05, 3.63) is 94.0 Å². The van der Waals surface area contributed by atoms with Gasteiger partial charge in [-0.25, -0.2) is 0 Å². The van der Waals surface area contributed by atoms with Gasteiger partial charge in [-0.2, -0.15) is 0 Å². The van der Waals surface area contributed by atoms with Crippen LogP contribution in [0.15, 0.2) is 70.6 Å². The summed E-state index contributed by atoms with van der Waals surface area (Å²) in [4.78, 5) is 40.1. The van der Waals surface area contributed by atoms with Gasteiger partial charge in [0.2, 0.25) is 0 Å². The Labute approximate surface area is 259 Å². The molecule has 7 rings (SSSR count). The van der Waals surface area contributed by atoms with E-state index in [1.54, 1.807) is 0 Å². The summed E-state index contributed by atoms with van der Waals surface area (Å²) in [6.07, 6.45) is 6.45. The van der Waals surface area contributed by atoms with Crippen LogP contribution in [0, 0.1) is 0 Å². The van der Waals surface area contributed by atoms with E-state index in [1.165, 1.54) is 25.7 Å². The Kier molecular flexibility index (Phi) is 8.35. The molecule has 4 heterocycles. The fourth-order valence-corrected chi connectivity index (χ4v) is 6.75. The van der Waals surface area contributed by atoms with Gasteiger partial charge in [0, 0.05) is 50.1 Å². The summed E-state index contributed by atoms with van der Waals surface area (Å²) >= 11 is 0. The number of fused-ring (bicyclic) bond motifs is 2. The molecule has 0 aliphatic carbocycles. The summed E-state index contributed by atoms with van der Waals surface area (Å²) in [5.41, 5.74) is 9.59. The fraction of sp³-hybridized carbons (Fsp3) is 0.389. The van der Waals surface area contributed by atoms with Crippen molar-refractivity contribution in [3.8, 4) is 0 Å². The van der Waals surface area contributed by atoms with Gasteiger partial charge < -0.3 is 20.4 Å². The molecule has 0 saturated carbocycles. The molecule has 0 bridgehead atoms. The molecule has 0 aromatic heterocycles. The third-order valence-corrected chi connectivity index (χ3v) is 9.29. The molecular formula is C36H40N6O2. The predicted molar refractivity (Wildman–Crippen MR) is 175 cm³/mol. The number of carbonyl (C=O) groups excluding carboxylic acids is 2. The van der Waals surface area contributed by atoms with Gasteiger partial charge >= 0.3 is 0 Å². The number of hydrogen-bond acceptors (Lipinski definition) is 6. The van der Waals surface area contributed by atoms with E-state index in [9.17, 15) is 9.59 Å². The van der Waals surface area contributed by atoms with Crippen molar-refractivity contribution in [1.29, 1.82) is 0 Å². The van der Waals surface area contributed by atoms with Crippen LogP contribution in [0.4, 0.5) is 11.4 Å². The SMILES string of the molecule is O=C(NCCN1CCCC1)c1ccc2c(c1)CC(c1ccc(C3=Nc4ccc(C(=O)NCCN5CCCC5)cc4C3)cc1)=N2. The van der Waals surface area contributed by atoms with E-state index in [4.69, 9.17) is 9.98 Å². The second-order valence-corrected chi connectivity index (χ2v) is 12.3. The van der Waals surface area contributed by atoms with Gasteiger partial charge in [-0.15, -0.1) is 0 Å². The molecule has 2 N–H and O–H groups in total. The molecule has 0 radical (unpaired) electrons. The van der Waals surface area contributed by atoms with Gasteiger partial charge in [0.1, 0.15) is 0 Å². The second-order valence-electron chi connectivity index (χ2n) is 12.3. The lowest BCUT2D eigenvalue weighted by molar-refractivity contribution is 0.0941. The maximum atomic E-state index is 12.8. The number of aliphatic imine (C=N–C) groups is 2. The highest BCUT2D eigenvalue weighted by Gasteiger charge is 2.21. The van der Waals surface area contributed by atoms with Gasteiger partial charge in [-0.3, -0.25) is 19.6 Å². The van der Waals surface area contributed by atoms with E-state index < -0.39 is 0 Å². The largest absolute Gasteiger partial charge is 0.351 e. The normalized spacial score (nSPS) is 17.7. The van der Waals surface area contributed by atoms with Crippen LogP contribution in [0.25, 0.3) is 0 Å². The molecule has 4 aliphatic heterocycles. The molecule has 44 heavy (non-hydrogen) atoms. The number of carbonyl (C=O) groups is 2. The lowest BCUT2D eigenvalue weighted by Crippen LogP contribution is -2.33. The molecule has 2 fully saturated rings. The highest BCUT2D eigenvalue weighted by molar-refractivity contribution is 6.10. The van der Waals surface area contributed by atoms with Crippen molar-refractivity contribution in [2.24, 2.45) is 9.98 Å². The molecule has 4 aliphatic rings. The minimum absolute atomic E-state index is 0.0200. The Hall–Kier alpha value is -4.14. The van der Waals surface area contributed by atoms with E-state index in [-0.39, 0.29) is 11.8 Å². The first-order chi connectivity index (χ1) is 21.6. The van der Waals surface area contributed by atoms with Crippen LogP contribution in [0.2, 0.25) is 0 Å². The molecule has 0 spiro atoms. The zero-order valence-electron chi connectivity index (χ0n) is 25.3. The van der Waals surface area contributed by atoms with Crippen molar-refractivity contribution >= 4 is 34.6 Å². The quantitative estimate of drug-likeness (QED) is 0.360. The van der Waals surface area contributed by atoms with Crippen molar-refractivity contribution in [1.82, 2.24) is 20.4 Å². The van der Waals surface area contributed by atoms with Gasteiger partial charge in [-0.1, -0.05) is 24.3 Å². The maximum Gasteiger partial charge on any atom is 0.251 e. The lowest BCUT2D eigenvalue weighted by Gasteiger charge is -2.14. The average Bonchev–Trinajstić information content (AvgIpc) is 3.87. The van der Waals surface area contributed by atoms with Crippen molar-refractivity contribution in [2.45, 2.75) is 38.5 Å². The van der Waals surface area contributed by atoms with Gasteiger partial charge in [-0.05, 0) is 111 Å². The zero-order valence-corrected chi connectivity index (χ0v) is 25.3. The predicted octanol–water partition coefficient (Wildman–Crippen LogP) is 4.69. The van der Waals surface area contributed by atoms with Gasteiger partial charge in [0.25, 0.3) is 11.8 Å². The summed E-state index contributed by atoms with van der Waals surface area (Å²) in [6.45, 7) is 7.72. The minimum Gasteiger partial charge on any atom is -0.351 e. The van der Waals surface area contributed by atoms with Crippen LogP contribution in [0.1, 0.15) is 68.7 Å². The molecule has 3 aromatic carbocycles. The van der Waals surface area contributed by atoms with E-state index >= 15 is 0 Å². The Morgan fingerprint density at radius 2 is 1.00 bits per heavy atom. The number of likely N-dealkylation sites (tertiary alicyclic amines) is 2. The van der Waals surface area contributed by atoms with Crippen LogP contribution in [-0.4, -0.2) is 85.4 Å². The van der Waals surface area contributed by atoms with E-state index in [2.05, 4.69) is 44.7 Å². The van der Waals surface area contributed by atoms with Crippen LogP contribution in [0.3, 0.4) is 0 Å². The maximum absolute atomic E-state index is 12.8. The first kappa shape index (κ1) is 28.6. The second kappa shape index (κ2) is 12.8. The number of benzene rings is 3. The standard InChI is InChI=1S/C36H40N6O2/c43-35(37-13-19-41-15-1-2-16-41)27-9-11-31-29(21-27)23-33(39-31)25-5-7-26(8-6-25)34-24-30-22-28(10-12-32(30)40-34)36(44)38-14-20-42-17-3-4-18-42/h5-12,21-22H,1-4,13-20,23-24H2,(H,37,43)(H,38,44). The Balaban J connectivity index is 0.930. The first-order valence-corrected chi connectivity index (χ1v) is 16.1. The Morgan fingerprint density at radius 3 is 1.41 bits per heavy atom. The first-order valence-electron chi connectivity index (χ1n) is 16.1. The third-order valence-electron chi connectivity index (χ3n) is 9.29. The van der Waals surface area contributed by atoms with E-state index in [0.717, 1.165) is 84.3 Å². The van der Waals surface area contributed by atoms with Crippen LogP contribution < -0.4 is 10.6 Å². The summed E-state index contributed by atoms with van der Waals surface area (Å²) in [5.74, 6) is -0.0400. The molecular weight excluding hydrogens is 548 g/mol. The lowest BCUT2D eigenvalue weighted by atomic mass is 9.98. The fourth-order valence-electron chi connectivity index (χ4n) is 6.75. The molecule has 2 saturated heterocycles. The third kappa shape index (κ3) is 6.37. The van der Waals surface area contributed by atoms with E-state index in [1.807, 2.05) is 36.4 Å². The van der Waals surface area contributed by atoms with Crippen molar-refractivity contribution < 1.29 is 9.59 Å². The van der Waals surface area contributed by atoms with Gasteiger partial charge in [0.05, 0.1) is 22.8 Å². The van der Waals surface area contributed by atoms with Gasteiger partial charge in [0.15, 0.2) is 0 Å². The molecule has 226 valence electrons. The molecule has 0 unspecified atom stereocenters. The monoisotopic (exact) mass is 588 g/mol.